The van der Waals surface area contributed by atoms with Gasteiger partial charge in [-0.05, 0) is 23.8 Å². The molecule has 2 aromatic carbocycles. The van der Waals surface area contributed by atoms with Crippen LogP contribution in [-0.4, -0.2) is 41.4 Å². The summed E-state index contributed by atoms with van der Waals surface area (Å²) in [5.41, 5.74) is 1.57. The highest BCUT2D eigenvalue weighted by molar-refractivity contribution is 7.99. The number of carbonyl (C=O) groups is 3. The maximum Gasteiger partial charge on any atom is 0.409 e. The SMILES string of the molecule is N#CCNC(=O)C(CNC(=O)c1cccc(NC(=O)O)c1)SCc1ccccc1. The van der Waals surface area contributed by atoms with Crippen molar-refractivity contribution in [1.82, 2.24) is 10.6 Å². The Labute approximate surface area is 172 Å². The molecule has 9 heteroatoms. The molecule has 4 N–H and O–H groups in total. The Morgan fingerprint density at radius 3 is 2.52 bits per heavy atom. The second-order valence-electron chi connectivity index (χ2n) is 5.88. The van der Waals surface area contributed by atoms with Crippen molar-refractivity contribution in [2.24, 2.45) is 0 Å². The molecule has 0 fully saturated rings. The van der Waals surface area contributed by atoms with E-state index in [0.717, 1.165) is 5.56 Å². The molecule has 0 saturated heterocycles. The zero-order valence-corrected chi connectivity index (χ0v) is 16.2. The van der Waals surface area contributed by atoms with Crippen molar-refractivity contribution >= 4 is 35.4 Å². The van der Waals surface area contributed by atoms with E-state index in [-0.39, 0.29) is 30.2 Å². The van der Waals surface area contributed by atoms with E-state index in [9.17, 15) is 14.4 Å². The zero-order chi connectivity index (χ0) is 21.1. The van der Waals surface area contributed by atoms with Gasteiger partial charge in [-0.1, -0.05) is 36.4 Å². The lowest BCUT2D eigenvalue weighted by atomic mass is 10.2. The van der Waals surface area contributed by atoms with Gasteiger partial charge in [-0.2, -0.15) is 5.26 Å². The van der Waals surface area contributed by atoms with Crippen LogP contribution in [0.3, 0.4) is 0 Å². The van der Waals surface area contributed by atoms with Crippen LogP contribution in [-0.2, 0) is 10.5 Å². The van der Waals surface area contributed by atoms with E-state index >= 15 is 0 Å². The molecule has 0 saturated carbocycles. The monoisotopic (exact) mass is 412 g/mol. The standard InChI is InChI=1S/C20H20N4O4S/c21-9-10-22-19(26)17(29-13-14-5-2-1-3-6-14)12-23-18(25)15-7-4-8-16(11-15)24-20(27)28/h1-8,11,17,24H,10,12-13H2,(H,22,26)(H,23,25)(H,27,28). The van der Waals surface area contributed by atoms with Gasteiger partial charge >= 0.3 is 6.09 Å². The van der Waals surface area contributed by atoms with Gasteiger partial charge in [0.15, 0.2) is 0 Å². The molecule has 0 bridgehead atoms. The van der Waals surface area contributed by atoms with Crippen LogP contribution in [0, 0.1) is 11.3 Å². The number of nitrogens with one attached hydrogen (secondary N) is 3. The second kappa shape index (κ2) is 11.4. The van der Waals surface area contributed by atoms with Crippen LogP contribution in [0.2, 0.25) is 0 Å². The van der Waals surface area contributed by atoms with Crippen LogP contribution in [0.25, 0.3) is 0 Å². The van der Waals surface area contributed by atoms with Crippen LogP contribution in [0.5, 0.6) is 0 Å². The predicted molar refractivity (Wildman–Crippen MR) is 111 cm³/mol. The Kier molecular flexibility index (Phi) is 8.53. The number of hydrogen-bond acceptors (Lipinski definition) is 5. The molecule has 0 spiro atoms. The summed E-state index contributed by atoms with van der Waals surface area (Å²) < 4.78 is 0. The molecule has 0 radical (unpaired) electrons. The third-order valence-corrected chi connectivity index (χ3v) is 5.04. The zero-order valence-electron chi connectivity index (χ0n) is 15.4. The molecule has 8 nitrogen and oxygen atoms in total. The quantitative estimate of drug-likeness (QED) is 0.468. The van der Waals surface area contributed by atoms with E-state index in [1.165, 1.54) is 23.9 Å². The van der Waals surface area contributed by atoms with E-state index in [1.807, 2.05) is 36.4 Å². The summed E-state index contributed by atoms with van der Waals surface area (Å²) in [5, 5.41) is 24.2. The van der Waals surface area contributed by atoms with Gasteiger partial charge in [-0.3, -0.25) is 14.9 Å². The predicted octanol–water partition coefficient (Wildman–Crippen LogP) is 2.45. The molecule has 2 rings (SSSR count). The number of carbonyl (C=O) groups excluding carboxylic acids is 2. The van der Waals surface area contributed by atoms with Crippen molar-refractivity contribution < 1.29 is 19.5 Å². The molecule has 0 aliphatic carbocycles. The third-order valence-electron chi connectivity index (χ3n) is 3.75. The Morgan fingerprint density at radius 1 is 1.07 bits per heavy atom. The maximum atomic E-state index is 12.4. The van der Waals surface area contributed by atoms with Crippen LogP contribution in [0.1, 0.15) is 15.9 Å². The Bertz CT molecular complexity index is 899. The van der Waals surface area contributed by atoms with Gasteiger partial charge in [0.05, 0.1) is 6.07 Å². The van der Waals surface area contributed by atoms with E-state index in [1.54, 1.807) is 12.1 Å². The van der Waals surface area contributed by atoms with Crippen LogP contribution < -0.4 is 16.0 Å². The highest BCUT2D eigenvalue weighted by Crippen LogP contribution is 2.18. The molecule has 2 aromatic rings. The summed E-state index contributed by atoms with van der Waals surface area (Å²) in [4.78, 5) is 35.5. The highest BCUT2D eigenvalue weighted by atomic mass is 32.2. The molecule has 1 unspecified atom stereocenters. The number of amides is 3. The molecule has 0 heterocycles. The molecule has 0 aliphatic heterocycles. The number of nitriles is 1. The largest absolute Gasteiger partial charge is 0.465 e. The molecule has 150 valence electrons. The third kappa shape index (κ3) is 7.56. The molecular formula is C20H20N4O4S. The first-order valence-electron chi connectivity index (χ1n) is 8.68. The van der Waals surface area contributed by atoms with Crippen molar-refractivity contribution in [1.29, 1.82) is 5.26 Å². The number of carboxylic acid groups (broad SMARTS) is 1. The summed E-state index contributed by atoms with van der Waals surface area (Å²) in [5.74, 6) is -0.203. The lowest BCUT2D eigenvalue weighted by Gasteiger charge is -2.17. The Morgan fingerprint density at radius 2 is 1.83 bits per heavy atom. The lowest BCUT2D eigenvalue weighted by molar-refractivity contribution is -0.120. The number of rotatable bonds is 9. The average Bonchev–Trinajstić information content (AvgIpc) is 2.72. The van der Waals surface area contributed by atoms with Gasteiger partial charge in [0.2, 0.25) is 5.91 Å². The number of anilines is 1. The van der Waals surface area contributed by atoms with E-state index in [2.05, 4.69) is 16.0 Å². The van der Waals surface area contributed by atoms with Crippen LogP contribution in [0.4, 0.5) is 10.5 Å². The van der Waals surface area contributed by atoms with Crippen molar-refractivity contribution in [3.63, 3.8) is 0 Å². The summed E-state index contributed by atoms with van der Waals surface area (Å²) >= 11 is 1.36. The van der Waals surface area contributed by atoms with Crippen molar-refractivity contribution in [2.45, 2.75) is 11.0 Å². The molecule has 1 atom stereocenters. The topological polar surface area (TPSA) is 131 Å². The fourth-order valence-corrected chi connectivity index (χ4v) is 3.41. The van der Waals surface area contributed by atoms with Crippen molar-refractivity contribution in [3.05, 3.63) is 65.7 Å². The van der Waals surface area contributed by atoms with Gasteiger partial charge in [-0.15, -0.1) is 11.8 Å². The molecule has 29 heavy (non-hydrogen) atoms. The first kappa shape index (κ1) is 21.8. The van der Waals surface area contributed by atoms with Crippen LogP contribution >= 0.6 is 11.8 Å². The van der Waals surface area contributed by atoms with Gasteiger partial charge < -0.3 is 15.7 Å². The van der Waals surface area contributed by atoms with E-state index in [0.29, 0.717) is 5.75 Å². The molecule has 3 amide bonds. The average molecular weight is 412 g/mol. The minimum atomic E-state index is -1.23. The molecular weight excluding hydrogens is 392 g/mol. The maximum absolute atomic E-state index is 12.4. The number of nitrogens with zero attached hydrogens (tertiary/aromatic N) is 1. The van der Waals surface area contributed by atoms with Gasteiger partial charge in [-0.25, -0.2) is 4.79 Å². The number of benzene rings is 2. The van der Waals surface area contributed by atoms with E-state index in [4.69, 9.17) is 10.4 Å². The van der Waals surface area contributed by atoms with E-state index < -0.39 is 17.3 Å². The van der Waals surface area contributed by atoms with Crippen molar-refractivity contribution in [2.75, 3.05) is 18.4 Å². The van der Waals surface area contributed by atoms with Gasteiger partial charge in [0.25, 0.3) is 5.91 Å². The smallest absolute Gasteiger partial charge is 0.409 e. The Balaban J connectivity index is 2.00. The summed E-state index contributed by atoms with van der Waals surface area (Å²) in [6, 6.07) is 17.5. The minimum Gasteiger partial charge on any atom is -0.465 e. The molecule has 0 aromatic heterocycles. The second-order valence-corrected chi connectivity index (χ2v) is 7.07. The number of hydrogen-bond donors (Lipinski definition) is 4. The van der Waals surface area contributed by atoms with Gasteiger partial charge in [0, 0.05) is 23.5 Å². The lowest BCUT2D eigenvalue weighted by Crippen LogP contribution is -2.41. The fraction of sp³-hybridized carbons (Fsp3) is 0.200. The molecule has 0 aliphatic rings. The highest BCUT2D eigenvalue weighted by Gasteiger charge is 2.20. The first-order chi connectivity index (χ1) is 14.0. The normalized spacial score (nSPS) is 11.0. The summed E-state index contributed by atoms with van der Waals surface area (Å²) in [7, 11) is 0. The van der Waals surface area contributed by atoms with Gasteiger partial charge in [0.1, 0.15) is 11.8 Å². The van der Waals surface area contributed by atoms with Crippen molar-refractivity contribution in [3.8, 4) is 6.07 Å². The fourth-order valence-electron chi connectivity index (χ4n) is 2.39. The minimum absolute atomic E-state index is 0.0597. The Hall–Kier alpha value is -3.51. The number of thioether (sulfide) groups is 1. The van der Waals surface area contributed by atoms with Crippen LogP contribution in [0.15, 0.2) is 54.6 Å². The first-order valence-corrected chi connectivity index (χ1v) is 9.73. The summed E-state index contributed by atoms with van der Waals surface area (Å²) in [6.45, 7) is -0.0533. The summed E-state index contributed by atoms with van der Waals surface area (Å²) in [6.07, 6.45) is -1.23.